The van der Waals surface area contributed by atoms with Crippen molar-refractivity contribution in [1.29, 1.82) is 0 Å². The summed E-state index contributed by atoms with van der Waals surface area (Å²) in [4.78, 5) is 21.9. The predicted molar refractivity (Wildman–Crippen MR) is 175 cm³/mol. The minimum absolute atomic E-state index is 0. The zero-order valence-corrected chi connectivity index (χ0v) is 25.9. The Morgan fingerprint density at radius 1 is 1.18 bits per heavy atom. The van der Waals surface area contributed by atoms with Gasteiger partial charge < -0.3 is 15.6 Å². The minimum atomic E-state index is 0. The molecular formula is C33H53N5OS. The van der Waals surface area contributed by atoms with Crippen LogP contribution in [0, 0.1) is 18.3 Å². The topological polar surface area (TPSA) is 69.3 Å². The highest BCUT2D eigenvalue weighted by molar-refractivity contribution is 8.08. The number of nitrogens with zero attached hydrogens (tertiary/aromatic N) is 2. The van der Waals surface area contributed by atoms with E-state index in [-0.39, 0.29) is 24.5 Å². The summed E-state index contributed by atoms with van der Waals surface area (Å²) in [5.74, 6) is 1.14. The molecule has 2 aromatic rings. The summed E-state index contributed by atoms with van der Waals surface area (Å²) in [7, 11) is 3.78. The monoisotopic (exact) mass is 567 g/mol. The van der Waals surface area contributed by atoms with Gasteiger partial charge in [0.25, 0.3) is 0 Å². The summed E-state index contributed by atoms with van der Waals surface area (Å²) in [6.45, 7) is 14.3. The molecule has 1 aliphatic heterocycles. The van der Waals surface area contributed by atoms with Crippen molar-refractivity contribution >= 4 is 28.1 Å². The van der Waals surface area contributed by atoms with Crippen LogP contribution in [0.2, 0.25) is 0 Å². The molecule has 6 nitrogen and oxygen atoms in total. The summed E-state index contributed by atoms with van der Waals surface area (Å²) in [6, 6.07) is 8.57. The number of pyridine rings is 1. The summed E-state index contributed by atoms with van der Waals surface area (Å²) in [5.41, 5.74) is 13.4. The van der Waals surface area contributed by atoms with E-state index < -0.39 is 0 Å². The molecule has 0 saturated carbocycles. The number of hydrazine groups is 1. The summed E-state index contributed by atoms with van der Waals surface area (Å²) < 4.78 is 0. The number of aryl methyl sites for hydroxylation is 3. The number of hydrogen-bond acceptors (Lipinski definition) is 7. The highest BCUT2D eigenvalue weighted by Crippen LogP contribution is 2.34. The Kier molecular flexibility index (Phi) is 13.7. The van der Waals surface area contributed by atoms with Gasteiger partial charge in [-0.15, -0.1) is 11.8 Å². The SMILES string of the molecule is C.CCc1cc(C)c(NNC)c(CCS/C(=C(\NC)C(=O)C2CCCN(CC(C)(C)C)CC2)c2cccnc2)c1. The van der Waals surface area contributed by atoms with Crippen LogP contribution < -0.4 is 16.2 Å². The van der Waals surface area contributed by atoms with Gasteiger partial charge >= 0.3 is 0 Å². The Morgan fingerprint density at radius 3 is 2.58 bits per heavy atom. The Balaban J connectivity index is 0.00000560. The van der Waals surface area contributed by atoms with Crippen molar-refractivity contribution in [3.8, 4) is 0 Å². The number of rotatable bonds is 12. The normalized spacial score (nSPS) is 16.9. The second-order valence-corrected chi connectivity index (χ2v) is 12.9. The second-order valence-electron chi connectivity index (χ2n) is 11.8. The summed E-state index contributed by atoms with van der Waals surface area (Å²) in [5, 5.41) is 3.32. The number of hydrogen-bond donors (Lipinski definition) is 3. The molecule has 1 aromatic carbocycles. The minimum Gasteiger partial charge on any atom is -0.384 e. The van der Waals surface area contributed by atoms with Crippen LogP contribution in [-0.4, -0.2) is 55.1 Å². The van der Waals surface area contributed by atoms with E-state index in [4.69, 9.17) is 0 Å². The first-order valence-electron chi connectivity index (χ1n) is 14.4. The van der Waals surface area contributed by atoms with Crippen molar-refractivity contribution in [2.75, 3.05) is 44.9 Å². The van der Waals surface area contributed by atoms with E-state index in [1.54, 1.807) is 18.0 Å². The fraction of sp³-hybridized carbons (Fsp3) is 0.576. The number of aromatic nitrogens is 1. The van der Waals surface area contributed by atoms with E-state index in [9.17, 15) is 4.79 Å². The van der Waals surface area contributed by atoms with Crippen molar-refractivity contribution in [3.63, 3.8) is 0 Å². The van der Waals surface area contributed by atoms with Crippen molar-refractivity contribution < 1.29 is 4.79 Å². The van der Waals surface area contributed by atoms with E-state index in [0.717, 1.165) is 79.3 Å². The lowest BCUT2D eigenvalue weighted by Gasteiger charge is -2.28. The highest BCUT2D eigenvalue weighted by atomic mass is 32.2. The van der Waals surface area contributed by atoms with Crippen molar-refractivity contribution in [1.82, 2.24) is 20.6 Å². The van der Waals surface area contributed by atoms with Gasteiger partial charge in [-0.2, -0.15) is 0 Å². The molecular weight excluding hydrogens is 514 g/mol. The number of nitrogens with one attached hydrogen (secondary N) is 3. The molecule has 0 spiro atoms. The number of thioether (sulfide) groups is 1. The number of carbonyl (C=O) groups excluding carboxylic acids is 1. The molecule has 1 aliphatic rings. The van der Waals surface area contributed by atoms with E-state index in [1.807, 2.05) is 26.4 Å². The Labute approximate surface area is 248 Å². The molecule has 2 heterocycles. The van der Waals surface area contributed by atoms with E-state index in [0.29, 0.717) is 0 Å². The molecule has 1 atom stereocenters. The smallest absolute Gasteiger partial charge is 0.182 e. The van der Waals surface area contributed by atoms with Crippen LogP contribution in [0.3, 0.4) is 0 Å². The number of likely N-dealkylation sites (N-methyl/N-ethyl adjacent to an activating group) is 1. The van der Waals surface area contributed by atoms with Gasteiger partial charge in [0, 0.05) is 55.2 Å². The highest BCUT2D eigenvalue weighted by Gasteiger charge is 2.28. The molecule has 1 unspecified atom stereocenters. The van der Waals surface area contributed by atoms with Crippen LogP contribution in [0.15, 0.2) is 42.4 Å². The van der Waals surface area contributed by atoms with Gasteiger partial charge in [-0.3, -0.25) is 9.78 Å². The molecule has 7 heteroatoms. The maximum absolute atomic E-state index is 14.0. The average Bonchev–Trinajstić information content (AvgIpc) is 3.14. The fourth-order valence-corrected chi connectivity index (χ4v) is 6.67. The number of allylic oxidation sites excluding steroid dienone is 1. The second kappa shape index (κ2) is 16.2. The van der Waals surface area contributed by atoms with Gasteiger partial charge in [-0.05, 0) is 80.3 Å². The van der Waals surface area contributed by atoms with Crippen LogP contribution in [-0.2, 0) is 17.6 Å². The average molecular weight is 568 g/mol. The van der Waals surface area contributed by atoms with Gasteiger partial charge in [0.15, 0.2) is 5.78 Å². The van der Waals surface area contributed by atoms with Crippen molar-refractivity contribution in [3.05, 3.63) is 64.6 Å². The number of likely N-dealkylation sites (tertiary alicyclic amines) is 1. The van der Waals surface area contributed by atoms with Crippen LogP contribution in [0.4, 0.5) is 5.69 Å². The number of benzene rings is 1. The van der Waals surface area contributed by atoms with Crippen LogP contribution in [0.25, 0.3) is 4.91 Å². The lowest BCUT2D eigenvalue weighted by molar-refractivity contribution is -0.119. The molecule has 0 bridgehead atoms. The van der Waals surface area contributed by atoms with Gasteiger partial charge in [-0.25, -0.2) is 5.43 Å². The van der Waals surface area contributed by atoms with Gasteiger partial charge in [0.1, 0.15) is 0 Å². The van der Waals surface area contributed by atoms with Crippen LogP contribution >= 0.6 is 11.8 Å². The van der Waals surface area contributed by atoms with Crippen LogP contribution in [0.1, 0.15) is 76.6 Å². The van der Waals surface area contributed by atoms with Crippen molar-refractivity contribution in [2.45, 2.75) is 74.1 Å². The molecule has 0 aliphatic carbocycles. The molecule has 40 heavy (non-hydrogen) atoms. The molecule has 3 rings (SSSR count). The number of Topliss-reactive ketones (excluding diaryl/α,β-unsaturated/α-hetero) is 1. The summed E-state index contributed by atoms with van der Waals surface area (Å²) in [6.07, 6.45) is 8.48. The number of carbonyl (C=O) groups is 1. The first-order valence-corrected chi connectivity index (χ1v) is 15.4. The quantitative estimate of drug-likeness (QED) is 0.194. The Hall–Kier alpha value is -2.35. The first-order chi connectivity index (χ1) is 18.7. The third-order valence-corrected chi connectivity index (χ3v) is 8.43. The maximum atomic E-state index is 14.0. The zero-order valence-electron chi connectivity index (χ0n) is 25.1. The molecule has 1 aromatic heterocycles. The third-order valence-electron chi connectivity index (χ3n) is 7.29. The first kappa shape index (κ1) is 33.9. The van der Waals surface area contributed by atoms with E-state index in [2.05, 4.69) is 78.9 Å². The molecule has 1 fully saturated rings. The number of ketones is 1. The van der Waals surface area contributed by atoms with Gasteiger partial charge in [0.2, 0.25) is 0 Å². The van der Waals surface area contributed by atoms with Gasteiger partial charge in [-0.1, -0.05) is 53.3 Å². The molecule has 3 N–H and O–H groups in total. The maximum Gasteiger partial charge on any atom is 0.182 e. The molecule has 222 valence electrons. The lowest BCUT2D eigenvalue weighted by Crippen LogP contribution is -2.34. The Morgan fingerprint density at radius 2 is 1.95 bits per heavy atom. The summed E-state index contributed by atoms with van der Waals surface area (Å²) >= 11 is 1.75. The molecule has 1 saturated heterocycles. The predicted octanol–water partition coefficient (Wildman–Crippen LogP) is 6.72. The Bertz CT molecular complexity index is 1110. The molecule has 0 radical (unpaired) electrons. The standard InChI is InChI=1S/C32H49N5OS.CH4/c1-8-24-19-23(2)28(36-34-7)26(20-24)14-18-39-31(27-11-9-15-35-21-27)29(33-6)30(38)25-12-10-16-37(17-13-25)22-32(3,4)5;/h9,11,15,19-21,25,33-34,36H,8,10,12-14,16-18,22H2,1-7H3;1H4/b31-29-;. The van der Waals surface area contributed by atoms with Crippen LogP contribution in [0.5, 0.6) is 0 Å². The van der Waals surface area contributed by atoms with E-state index in [1.165, 1.54) is 16.7 Å². The lowest BCUT2D eigenvalue weighted by atomic mass is 9.93. The van der Waals surface area contributed by atoms with E-state index >= 15 is 0 Å². The third kappa shape index (κ3) is 9.64. The fourth-order valence-electron chi connectivity index (χ4n) is 5.51. The van der Waals surface area contributed by atoms with Crippen molar-refractivity contribution in [2.24, 2.45) is 11.3 Å². The molecule has 0 amide bonds. The largest absolute Gasteiger partial charge is 0.384 e. The number of anilines is 1. The zero-order chi connectivity index (χ0) is 28.4. The van der Waals surface area contributed by atoms with Gasteiger partial charge in [0.05, 0.1) is 11.4 Å².